The standard InChI is InChI=1S/C28H26F5N3O3/c1-16-4-5-21(35-26(38)19-8-20(14-34-13-19)28(31,32)33)10-22(16)23-11-25-18(9-24(23)29)12-27(30,15-37)17(2)36(25)6-7-39-3/h4-5,8-11,13-14,37H,2,6-7,12,15H2,1,3H3,(H,35,38)/t27-/m1/s1. The molecule has 0 unspecified atom stereocenters. The molecule has 3 aromatic rings. The van der Waals surface area contributed by atoms with E-state index < -0.39 is 35.7 Å². The molecule has 0 fully saturated rings. The number of amides is 1. The first-order chi connectivity index (χ1) is 18.4. The van der Waals surface area contributed by atoms with Gasteiger partial charge in [-0.15, -0.1) is 0 Å². The summed E-state index contributed by atoms with van der Waals surface area (Å²) in [6.07, 6.45) is -3.29. The molecule has 1 aliphatic rings. The number of hydrogen-bond donors (Lipinski definition) is 2. The number of hydrogen-bond acceptors (Lipinski definition) is 5. The molecule has 0 aliphatic carbocycles. The topological polar surface area (TPSA) is 74.7 Å². The number of aryl methyl sites for hydroxylation is 1. The zero-order chi connectivity index (χ0) is 28.5. The van der Waals surface area contributed by atoms with E-state index in [1.165, 1.54) is 19.2 Å². The van der Waals surface area contributed by atoms with E-state index in [1.807, 2.05) is 0 Å². The van der Waals surface area contributed by atoms with Gasteiger partial charge in [0.15, 0.2) is 5.67 Å². The van der Waals surface area contributed by atoms with E-state index in [4.69, 9.17) is 4.74 Å². The van der Waals surface area contributed by atoms with Crippen LogP contribution in [0.15, 0.2) is 61.1 Å². The second kappa shape index (κ2) is 10.7. The van der Waals surface area contributed by atoms with Crippen LogP contribution in [-0.2, 0) is 17.3 Å². The van der Waals surface area contributed by atoms with Crippen molar-refractivity contribution in [2.45, 2.75) is 25.2 Å². The fraction of sp³-hybridized carbons (Fsp3) is 0.286. The van der Waals surface area contributed by atoms with Gasteiger partial charge in [-0.3, -0.25) is 9.78 Å². The first kappa shape index (κ1) is 28.2. The van der Waals surface area contributed by atoms with E-state index in [-0.39, 0.29) is 42.1 Å². The molecule has 1 amide bonds. The Balaban J connectivity index is 1.71. The van der Waals surface area contributed by atoms with Crippen molar-refractivity contribution in [3.8, 4) is 11.1 Å². The van der Waals surface area contributed by atoms with Gasteiger partial charge in [0.05, 0.1) is 30.0 Å². The number of carbonyl (C=O) groups is 1. The summed E-state index contributed by atoms with van der Waals surface area (Å²) in [6.45, 7) is 5.17. The first-order valence-corrected chi connectivity index (χ1v) is 11.9. The summed E-state index contributed by atoms with van der Waals surface area (Å²) in [7, 11) is 1.48. The number of methoxy groups -OCH3 is 1. The van der Waals surface area contributed by atoms with E-state index >= 15 is 8.78 Å². The fourth-order valence-electron chi connectivity index (χ4n) is 4.49. The molecule has 4 rings (SSSR count). The second-order valence-corrected chi connectivity index (χ2v) is 9.30. The third-order valence-corrected chi connectivity index (χ3v) is 6.66. The van der Waals surface area contributed by atoms with Gasteiger partial charge in [-0.2, -0.15) is 13.2 Å². The Labute approximate surface area is 221 Å². The van der Waals surface area contributed by atoms with Crippen molar-refractivity contribution in [2.75, 3.05) is 37.1 Å². The van der Waals surface area contributed by atoms with Crippen molar-refractivity contribution < 1.29 is 36.6 Å². The predicted octanol–water partition coefficient (Wildman–Crippen LogP) is 5.69. The van der Waals surface area contributed by atoms with Crippen molar-refractivity contribution in [1.82, 2.24) is 4.98 Å². The van der Waals surface area contributed by atoms with Gasteiger partial charge >= 0.3 is 6.18 Å². The smallest absolute Gasteiger partial charge is 0.393 e. The number of carbonyl (C=O) groups excluding carboxylic acids is 1. The normalized spacial score (nSPS) is 17.2. The third-order valence-electron chi connectivity index (χ3n) is 6.66. The molecule has 6 nitrogen and oxygen atoms in total. The number of aliphatic hydroxyl groups excluding tert-OH is 1. The number of nitrogens with zero attached hydrogens (tertiary/aromatic N) is 2. The Bertz CT molecular complexity index is 1430. The monoisotopic (exact) mass is 547 g/mol. The number of ether oxygens (including phenoxy) is 1. The van der Waals surface area contributed by atoms with Gasteiger partial charge in [0, 0.05) is 49.4 Å². The van der Waals surface area contributed by atoms with E-state index in [0.717, 1.165) is 6.20 Å². The molecule has 206 valence electrons. The van der Waals surface area contributed by atoms with Crippen LogP contribution >= 0.6 is 0 Å². The zero-order valence-electron chi connectivity index (χ0n) is 21.2. The Morgan fingerprint density at radius 3 is 2.62 bits per heavy atom. The van der Waals surface area contributed by atoms with Crippen molar-refractivity contribution in [2.24, 2.45) is 0 Å². The summed E-state index contributed by atoms with van der Waals surface area (Å²) in [4.78, 5) is 17.7. The minimum Gasteiger partial charge on any atom is -0.393 e. The molecule has 11 heteroatoms. The van der Waals surface area contributed by atoms with Gasteiger partial charge in [0.25, 0.3) is 5.91 Å². The number of nitrogens with one attached hydrogen (secondary N) is 1. The van der Waals surface area contributed by atoms with Crippen LogP contribution in [0.4, 0.5) is 33.3 Å². The molecule has 0 radical (unpaired) electrons. The fourth-order valence-corrected chi connectivity index (χ4v) is 4.49. The lowest BCUT2D eigenvalue weighted by atomic mass is 9.85. The summed E-state index contributed by atoms with van der Waals surface area (Å²) < 4.78 is 75.1. The molecule has 2 heterocycles. The summed E-state index contributed by atoms with van der Waals surface area (Å²) in [5, 5.41) is 12.2. The van der Waals surface area contributed by atoms with Crippen LogP contribution in [0.3, 0.4) is 0 Å². The molecule has 0 saturated heterocycles. The predicted molar refractivity (Wildman–Crippen MR) is 137 cm³/mol. The number of aliphatic hydroxyl groups is 1. The Morgan fingerprint density at radius 1 is 1.21 bits per heavy atom. The average Bonchev–Trinajstić information content (AvgIpc) is 2.89. The number of alkyl halides is 4. The number of halogens is 5. The van der Waals surface area contributed by atoms with Gasteiger partial charge < -0.3 is 20.1 Å². The number of rotatable bonds is 7. The molecular formula is C28H26F5N3O3. The van der Waals surface area contributed by atoms with Crippen LogP contribution in [0, 0.1) is 12.7 Å². The molecular weight excluding hydrogens is 521 g/mol. The lowest BCUT2D eigenvalue weighted by Gasteiger charge is -2.41. The lowest BCUT2D eigenvalue weighted by molar-refractivity contribution is -0.137. The Kier molecular flexibility index (Phi) is 7.76. The summed E-state index contributed by atoms with van der Waals surface area (Å²) in [5.74, 6) is -1.47. The maximum absolute atomic E-state index is 15.4. The molecule has 0 spiro atoms. The van der Waals surface area contributed by atoms with E-state index in [2.05, 4.69) is 16.9 Å². The van der Waals surface area contributed by atoms with Crippen molar-refractivity contribution in [3.05, 3.63) is 89.1 Å². The highest BCUT2D eigenvalue weighted by Gasteiger charge is 2.42. The number of pyridine rings is 1. The van der Waals surface area contributed by atoms with E-state index in [0.29, 0.717) is 34.6 Å². The van der Waals surface area contributed by atoms with Crippen molar-refractivity contribution in [1.29, 1.82) is 0 Å². The minimum atomic E-state index is -4.66. The lowest BCUT2D eigenvalue weighted by Crippen LogP contribution is -2.46. The summed E-state index contributed by atoms with van der Waals surface area (Å²) >= 11 is 0. The molecule has 0 bridgehead atoms. The summed E-state index contributed by atoms with van der Waals surface area (Å²) in [6, 6.07) is 8.13. The second-order valence-electron chi connectivity index (χ2n) is 9.30. The summed E-state index contributed by atoms with van der Waals surface area (Å²) in [5.41, 5.74) is -1.20. The highest BCUT2D eigenvalue weighted by Crippen LogP contribution is 2.43. The first-order valence-electron chi connectivity index (χ1n) is 11.9. The molecule has 39 heavy (non-hydrogen) atoms. The van der Waals surface area contributed by atoms with E-state index in [9.17, 15) is 23.1 Å². The maximum Gasteiger partial charge on any atom is 0.417 e. The SMILES string of the molecule is C=C1N(CCOC)c2cc(-c3cc(NC(=O)c4cncc(C(F)(F)F)c4)ccc3C)c(F)cc2C[C@@]1(F)CO. The highest BCUT2D eigenvalue weighted by molar-refractivity contribution is 6.04. The molecule has 1 aliphatic heterocycles. The van der Waals surface area contributed by atoms with Crippen LogP contribution in [0.25, 0.3) is 11.1 Å². The zero-order valence-corrected chi connectivity index (χ0v) is 21.2. The quantitative estimate of drug-likeness (QED) is 0.372. The van der Waals surface area contributed by atoms with Crippen LogP contribution in [-0.4, -0.2) is 48.5 Å². The van der Waals surface area contributed by atoms with Crippen LogP contribution in [0.1, 0.15) is 27.0 Å². The van der Waals surface area contributed by atoms with Gasteiger partial charge in [0.1, 0.15) is 5.82 Å². The molecule has 2 aromatic carbocycles. The van der Waals surface area contributed by atoms with Gasteiger partial charge in [0.2, 0.25) is 0 Å². The van der Waals surface area contributed by atoms with Crippen LogP contribution in [0.2, 0.25) is 0 Å². The van der Waals surface area contributed by atoms with E-state index in [1.54, 1.807) is 30.0 Å². The molecule has 1 aromatic heterocycles. The van der Waals surface area contributed by atoms with Crippen LogP contribution in [0.5, 0.6) is 0 Å². The molecule has 1 atom stereocenters. The van der Waals surface area contributed by atoms with Gasteiger partial charge in [-0.1, -0.05) is 12.6 Å². The van der Waals surface area contributed by atoms with Gasteiger partial charge in [-0.25, -0.2) is 8.78 Å². The van der Waals surface area contributed by atoms with Gasteiger partial charge in [-0.05, 0) is 53.9 Å². The minimum absolute atomic E-state index is 0.0274. The molecule has 0 saturated carbocycles. The number of benzene rings is 2. The Morgan fingerprint density at radius 2 is 1.95 bits per heavy atom. The van der Waals surface area contributed by atoms with Crippen molar-refractivity contribution in [3.63, 3.8) is 0 Å². The van der Waals surface area contributed by atoms with Crippen molar-refractivity contribution >= 4 is 17.3 Å². The molecule has 2 N–H and O–H groups in total. The largest absolute Gasteiger partial charge is 0.417 e. The Hall–Kier alpha value is -3.83. The average molecular weight is 548 g/mol. The number of anilines is 2. The maximum atomic E-state index is 15.4. The number of fused-ring (bicyclic) bond motifs is 1. The number of aromatic nitrogens is 1. The highest BCUT2D eigenvalue weighted by atomic mass is 19.4. The van der Waals surface area contributed by atoms with Crippen LogP contribution < -0.4 is 10.2 Å². The third kappa shape index (κ3) is 5.64.